The third-order valence-electron chi connectivity index (χ3n) is 2.82. The molecule has 0 fully saturated rings. The zero-order chi connectivity index (χ0) is 16.0. The van der Waals surface area contributed by atoms with Gasteiger partial charge in [0.25, 0.3) is 0 Å². The third kappa shape index (κ3) is 5.23. The van der Waals surface area contributed by atoms with Crippen molar-refractivity contribution in [2.24, 2.45) is 0 Å². The highest BCUT2D eigenvalue weighted by atomic mass is 35.5. The minimum absolute atomic E-state index is 0.135. The minimum Gasteiger partial charge on any atom is -0.362 e. The number of benzene rings is 2. The number of hydrogen-bond donors (Lipinski definition) is 0. The van der Waals surface area contributed by atoms with E-state index in [4.69, 9.17) is 16.3 Å². The molecule has 0 aliphatic carbocycles. The summed E-state index contributed by atoms with van der Waals surface area (Å²) in [5, 5.41) is 0. The molecule has 0 N–H and O–H groups in total. The van der Waals surface area contributed by atoms with Crippen molar-refractivity contribution in [3.63, 3.8) is 0 Å². The summed E-state index contributed by atoms with van der Waals surface area (Å²) < 4.78 is 43.3. The molecule has 2 aromatic rings. The molecule has 0 aliphatic heterocycles. The van der Waals surface area contributed by atoms with Crippen molar-refractivity contribution in [1.82, 2.24) is 0 Å². The van der Waals surface area contributed by atoms with Gasteiger partial charge in [0.05, 0.1) is 6.61 Å². The summed E-state index contributed by atoms with van der Waals surface area (Å²) in [6, 6.07) is 17.4. The minimum atomic E-state index is -4.52. The Bertz CT molecular complexity index is 563. The van der Waals surface area contributed by atoms with E-state index in [1.54, 1.807) is 60.7 Å². The monoisotopic (exact) mass is 346 g/mol. The molecular formula is C16H14ClF3OS. The van der Waals surface area contributed by atoms with Crippen molar-refractivity contribution in [3.05, 3.63) is 66.2 Å². The Morgan fingerprint density at radius 2 is 1.50 bits per heavy atom. The van der Waals surface area contributed by atoms with E-state index in [9.17, 15) is 13.2 Å². The lowest BCUT2D eigenvalue weighted by Crippen LogP contribution is -2.38. The molecule has 0 spiro atoms. The Balaban J connectivity index is 2.02. The number of halogens is 4. The molecule has 22 heavy (non-hydrogen) atoms. The number of alkyl halides is 4. The van der Waals surface area contributed by atoms with E-state index >= 15 is 0 Å². The van der Waals surface area contributed by atoms with Crippen LogP contribution >= 0.6 is 23.4 Å². The molecule has 2 atom stereocenters. The summed E-state index contributed by atoms with van der Waals surface area (Å²) in [7, 11) is 0. The number of thioether (sulfide) groups is 1. The quantitative estimate of drug-likeness (QED) is 0.505. The number of ether oxygens (including phenoxy) is 1. The van der Waals surface area contributed by atoms with Crippen LogP contribution in [0.3, 0.4) is 0 Å². The molecule has 0 amide bonds. The third-order valence-corrected chi connectivity index (χ3v) is 4.34. The van der Waals surface area contributed by atoms with Crippen molar-refractivity contribution < 1.29 is 17.9 Å². The van der Waals surface area contributed by atoms with Gasteiger partial charge in [0.15, 0.2) is 6.10 Å². The molecule has 0 aliphatic rings. The highest BCUT2D eigenvalue weighted by Crippen LogP contribution is 2.37. The summed E-state index contributed by atoms with van der Waals surface area (Å²) in [5.74, 6) is 0. The summed E-state index contributed by atoms with van der Waals surface area (Å²) in [6.07, 6.45) is -6.57. The van der Waals surface area contributed by atoms with Crippen LogP contribution in [0.2, 0.25) is 0 Å². The van der Waals surface area contributed by atoms with Gasteiger partial charge < -0.3 is 4.74 Å². The Morgan fingerprint density at radius 1 is 0.955 bits per heavy atom. The smallest absolute Gasteiger partial charge is 0.362 e. The topological polar surface area (TPSA) is 9.23 Å². The lowest BCUT2D eigenvalue weighted by atomic mass is 10.2. The number of rotatable bonds is 6. The SMILES string of the molecule is FC(F)(F)C(OCc1ccccc1)C(Cl)Sc1ccccc1. The van der Waals surface area contributed by atoms with Gasteiger partial charge in [0, 0.05) is 4.90 Å². The van der Waals surface area contributed by atoms with Crippen LogP contribution in [0.4, 0.5) is 13.2 Å². The fourth-order valence-electron chi connectivity index (χ4n) is 1.77. The van der Waals surface area contributed by atoms with Gasteiger partial charge in [-0.25, -0.2) is 0 Å². The Labute approximate surface area is 136 Å². The van der Waals surface area contributed by atoms with E-state index in [0.717, 1.165) is 11.8 Å². The molecule has 0 bridgehead atoms. The van der Waals surface area contributed by atoms with Crippen molar-refractivity contribution >= 4 is 23.4 Å². The molecular weight excluding hydrogens is 333 g/mol. The normalized spacial score (nSPS) is 14.5. The van der Waals surface area contributed by atoms with Crippen LogP contribution in [-0.2, 0) is 11.3 Å². The zero-order valence-electron chi connectivity index (χ0n) is 11.5. The van der Waals surface area contributed by atoms with E-state index in [-0.39, 0.29) is 6.61 Å². The van der Waals surface area contributed by atoms with Crippen molar-refractivity contribution in [2.45, 2.75) is 28.5 Å². The predicted molar refractivity (Wildman–Crippen MR) is 83.0 cm³/mol. The van der Waals surface area contributed by atoms with E-state index in [0.29, 0.717) is 10.5 Å². The van der Waals surface area contributed by atoms with Crippen LogP contribution in [0, 0.1) is 0 Å². The average molecular weight is 347 g/mol. The van der Waals surface area contributed by atoms with Crippen LogP contribution in [-0.4, -0.2) is 17.0 Å². The molecule has 0 radical (unpaired) electrons. The molecule has 0 aromatic heterocycles. The summed E-state index contributed by atoms with van der Waals surface area (Å²) in [4.78, 5) is 0.667. The van der Waals surface area contributed by atoms with E-state index in [1.807, 2.05) is 0 Å². The van der Waals surface area contributed by atoms with Gasteiger partial charge in [-0.15, -0.1) is 23.4 Å². The second-order valence-corrected chi connectivity index (χ2v) is 6.48. The van der Waals surface area contributed by atoms with Crippen molar-refractivity contribution in [3.8, 4) is 0 Å². The number of hydrogen-bond acceptors (Lipinski definition) is 2. The summed E-state index contributed by atoms with van der Waals surface area (Å²) >= 11 is 6.88. The molecule has 1 nitrogen and oxygen atoms in total. The second kappa shape index (κ2) is 7.90. The Kier molecular flexibility index (Phi) is 6.17. The maximum atomic E-state index is 13.2. The fraction of sp³-hybridized carbons (Fsp3) is 0.250. The van der Waals surface area contributed by atoms with Crippen LogP contribution in [0.25, 0.3) is 0 Å². The first-order valence-corrected chi connectivity index (χ1v) is 7.86. The standard InChI is InChI=1S/C16H14ClF3OS/c17-15(22-13-9-5-2-6-10-13)14(16(18,19)20)21-11-12-7-3-1-4-8-12/h1-10,14-15H,11H2. The maximum Gasteiger partial charge on any atom is 0.416 e. The van der Waals surface area contributed by atoms with Gasteiger partial charge in [-0.1, -0.05) is 48.5 Å². The predicted octanol–water partition coefficient (Wildman–Crippen LogP) is 5.49. The Hall–Kier alpha value is -1.17. The maximum absolute atomic E-state index is 13.2. The fourth-order valence-corrected chi connectivity index (χ4v) is 3.22. The lowest BCUT2D eigenvalue weighted by Gasteiger charge is -2.24. The van der Waals surface area contributed by atoms with Gasteiger partial charge >= 0.3 is 6.18 Å². The van der Waals surface area contributed by atoms with Crippen LogP contribution < -0.4 is 0 Å². The summed E-state index contributed by atoms with van der Waals surface area (Å²) in [6.45, 7) is -0.135. The highest BCUT2D eigenvalue weighted by Gasteiger charge is 2.45. The molecule has 118 valence electrons. The van der Waals surface area contributed by atoms with Crippen LogP contribution in [0.5, 0.6) is 0 Å². The average Bonchev–Trinajstić information content (AvgIpc) is 2.48. The summed E-state index contributed by atoms with van der Waals surface area (Å²) in [5.41, 5.74) is 0.672. The van der Waals surface area contributed by atoms with E-state index in [1.165, 1.54) is 0 Å². The molecule has 6 heteroatoms. The zero-order valence-corrected chi connectivity index (χ0v) is 13.0. The van der Waals surface area contributed by atoms with Crippen LogP contribution in [0.15, 0.2) is 65.6 Å². The molecule has 0 saturated carbocycles. The van der Waals surface area contributed by atoms with Crippen molar-refractivity contribution in [2.75, 3.05) is 0 Å². The Morgan fingerprint density at radius 3 is 2.05 bits per heavy atom. The molecule has 0 saturated heterocycles. The van der Waals surface area contributed by atoms with Gasteiger partial charge in [-0.05, 0) is 17.7 Å². The van der Waals surface area contributed by atoms with Gasteiger partial charge in [-0.2, -0.15) is 13.2 Å². The largest absolute Gasteiger partial charge is 0.416 e. The second-order valence-electron chi connectivity index (χ2n) is 4.54. The van der Waals surface area contributed by atoms with Gasteiger partial charge in [-0.3, -0.25) is 0 Å². The first-order valence-electron chi connectivity index (χ1n) is 6.55. The van der Waals surface area contributed by atoms with Gasteiger partial charge in [0.2, 0.25) is 0 Å². The van der Waals surface area contributed by atoms with E-state index in [2.05, 4.69) is 0 Å². The molecule has 2 rings (SSSR count). The van der Waals surface area contributed by atoms with E-state index < -0.39 is 17.0 Å². The first-order chi connectivity index (χ1) is 10.5. The lowest BCUT2D eigenvalue weighted by molar-refractivity contribution is -0.218. The molecule has 2 unspecified atom stereocenters. The molecule has 0 heterocycles. The first kappa shape index (κ1) is 17.2. The van der Waals surface area contributed by atoms with Crippen LogP contribution in [0.1, 0.15) is 5.56 Å². The van der Waals surface area contributed by atoms with Gasteiger partial charge in [0.1, 0.15) is 4.71 Å². The highest BCUT2D eigenvalue weighted by molar-refractivity contribution is 8.01. The molecule has 2 aromatic carbocycles. The van der Waals surface area contributed by atoms with Crippen molar-refractivity contribution in [1.29, 1.82) is 0 Å².